The number of hydrogen-bond acceptors (Lipinski definition) is 5. The van der Waals surface area contributed by atoms with Crippen LogP contribution in [0.15, 0.2) is 36.4 Å². The monoisotopic (exact) mass is 363 g/mol. The van der Waals surface area contributed by atoms with Gasteiger partial charge in [-0.2, -0.15) is 0 Å². The molecule has 7 rings (SSSR count). The number of anilines is 1. The number of hydrogen-bond donors (Lipinski definition) is 1. The maximum absolute atomic E-state index is 6.41. The van der Waals surface area contributed by atoms with E-state index < -0.39 is 0 Å². The lowest BCUT2D eigenvalue weighted by molar-refractivity contribution is 0.0119. The first-order valence-corrected chi connectivity index (χ1v) is 10.1. The van der Waals surface area contributed by atoms with Crippen LogP contribution in [-0.4, -0.2) is 55.7 Å². The van der Waals surface area contributed by atoms with Crippen LogP contribution in [0.2, 0.25) is 0 Å². The van der Waals surface area contributed by atoms with Crippen molar-refractivity contribution in [3.8, 4) is 11.5 Å². The Hall–Kier alpha value is -2.24. The van der Waals surface area contributed by atoms with Gasteiger partial charge in [-0.3, -0.25) is 9.80 Å². The van der Waals surface area contributed by atoms with Crippen molar-refractivity contribution in [2.45, 2.75) is 18.6 Å². The molecule has 3 saturated heterocycles. The van der Waals surface area contributed by atoms with E-state index in [2.05, 4.69) is 51.5 Å². The Balaban J connectivity index is 1.27. The van der Waals surface area contributed by atoms with E-state index in [1.165, 1.54) is 48.6 Å². The van der Waals surface area contributed by atoms with E-state index in [0.29, 0.717) is 12.6 Å². The molecule has 3 fully saturated rings. The second kappa shape index (κ2) is 6.14. The Kier molecular flexibility index (Phi) is 3.59. The van der Waals surface area contributed by atoms with Gasteiger partial charge in [-0.15, -0.1) is 0 Å². The van der Waals surface area contributed by atoms with Gasteiger partial charge in [-0.25, -0.2) is 0 Å². The van der Waals surface area contributed by atoms with Crippen molar-refractivity contribution >= 4 is 5.69 Å². The molecule has 2 atom stereocenters. The van der Waals surface area contributed by atoms with Crippen LogP contribution in [0.4, 0.5) is 5.69 Å². The number of benzene rings is 2. The normalized spacial score (nSPS) is 30.7. The van der Waals surface area contributed by atoms with Gasteiger partial charge < -0.3 is 14.8 Å². The Morgan fingerprint density at radius 3 is 2.67 bits per heavy atom. The zero-order valence-electron chi connectivity index (χ0n) is 15.5. The standard InChI is InChI=1S/C22H25N3O2/c1-3-18-15(5-6-23-18)11-17(1)22-14-26-20-4-2-16(12-21(20)27-22)19-13-24-7-9-25(19)10-8-24/h1-4,11-12,19,22-23H,5-10,13-14H2. The van der Waals surface area contributed by atoms with Gasteiger partial charge in [0.25, 0.3) is 0 Å². The molecular weight excluding hydrogens is 338 g/mol. The van der Waals surface area contributed by atoms with Crippen molar-refractivity contribution in [2.75, 3.05) is 51.2 Å². The number of nitrogens with zero attached hydrogens (tertiary/aromatic N) is 2. The first-order valence-electron chi connectivity index (χ1n) is 10.1. The van der Waals surface area contributed by atoms with Crippen molar-refractivity contribution < 1.29 is 9.47 Å². The van der Waals surface area contributed by atoms with Crippen LogP contribution in [0.3, 0.4) is 0 Å². The molecule has 0 spiro atoms. The largest absolute Gasteiger partial charge is 0.485 e. The summed E-state index contributed by atoms with van der Waals surface area (Å²) in [6.07, 6.45) is 1.05. The fraction of sp³-hybridized carbons (Fsp3) is 0.455. The molecule has 5 heteroatoms. The molecule has 2 unspecified atom stereocenters. The molecule has 1 N–H and O–H groups in total. The van der Waals surface area contributed by atoms with Gasteiger partial charge in [0.1, 0.15) is 6.61 Å². The molecular formula is C22H25N3O2. The third-order valence-corrected chi connectivity index (χ3v) is 6.50. The van der Waals surface area contributed by atoms with Gasteiger partial charge in [-0.1, -0.05) is 12.1 Å². The molecule has 140 valence electrons. The summed E-state index contributed by atoms with van der Waals surface area (Å²) in [4.78, 5) is 5.18. The summed E-state index contributed by atoms with van der Waals surface area (Å²) in [5, 5.41) is 3.42. The minimum Gasteiger partial charge on any atom is -0.485 e. The van der Waals surface area contributed by atoms with Crippen molar-refractivity contribution in [1.29, 1.82) is 0 Å². The molecule has 5 heterocycles. The molecule has 0 aromatic heterocycles. The highest BCUT2D eigenvalue weighted by atomic mass is 16.6. The molecule has 27 heavy (non-hydrogen) atoms. The smallest absolute Gasteiger partial charge is 0.162 e. The first-order chi connectivity index (χ1) is 13.3. The molecule has 0 radical (unpaired) electrons. The second-order valence-corrected chi connectivity index (χ2v) is 8.07. The quantitative estimate of drug-likeness (QED) is 0.888. The van der Waals surface area contributed by atoms with Gasteiger partial charge in [-0.05, 0) is 47.4 Å². The van der Waals surface area contributed by atoms with Crippen LogP contribution in [0.25, 0.3) is 0 Å². The summed E-state index contributed by atoms with van der Waals surface area (Å²) in [5.74, 6) is 1.76. The molecule has 2 bridgehead atoms. The van der Waals surface area contributed by atoms with Gasteiger partial charge in [0, 0.05) is 51.0 Å². The lowest BCUT2D eigenvalue weighted by Crippen LogP contribution is -2.56. The highest BCUT2D eigenvalue weighted by molar-refractivity contribution is 5.57. The Morgan fingerprint density at radius 1 is 0.926 bits per heavy atom. The topological polar surface area (TPSA) is 37.0 Å². The number of ether oxygens (including phenoxy) is 2. The lowest BCUT2D eigenvalue weighted by Gasteiger charge is -2.47. The van der Waals surface area contributed by atoms with E-state index >= 15 is 0 Å². The van der Waals surface area contributed by atoms with E-state index in [1.807, 2.05) is 0 Å². The van der Waals surface area contributed by atoms with Crippen LogP contribution in [-0.2, 0) is 6.42 Å². The molecule has 2 aromatic carbocycles. The van der Waals surface area contributed by atoms with E-state index in [4.69, 9.17) is 9.47 Å². The third kappa shape index (κ3) is 2.68. The summed E-state index contributed by atoms with van der Waals surface area (Å²) in [6.45, 7) is 7.48. The van der Waals surface area contributed by atoms with E-state index in [9.17, 15) is 0 Å². The minimum atomic E-state index is -0.0366. The van der Waals surface area contributed by atoms with Crippen molar-refractivity contribution in [1.82, 2.24) is 9.80 Å². The predicted octanol–water partition coefficient (Wildman–Crippen LogP) is 2.84. The molecule has 2 aromatic rings. The summed E-state index contributed by atoms with van der Waals surface area (Å²) >= 11 is 0. The molecule has 0 amide bonds. The number of rotatable bonds is 2. The molecule has 0 aliphatic carbocycles. The lowest BCUT2D eigenvalue weighted by atomic mass is 9.98. The SMILES string of the molecule is c1cc2c(cc1C1COc3ccc(C4CN5CCN4CC5)cc3O1)CCN2. The van der Waals surface area contributed by atoms with Crippen molar-refractivity contribution in [3.05, 3.63) is 53.1 Å². The van der Waals surface area contributed by atoms with Crippen LogP contribution in [0.5, 0.6) is 11.5 Å². The van der Waals surface area contributed by atoms with Crippen LogP contribution >= 0.6 is 0 Å². The van der Waals surface area contributed by atoms with Gasteiger partial charge in [0.2, 0.25) is 0 Å². The fourth-order valence-electron chi connectivity index (χ4n) is 4.92. The maximum Gasteiger partial charge on any atom is 0.162 e. The Morgan fingerprint density at radius 2 is 1.81 bits per heavy atom. The summed E-state index contributed by atoms with van der Waals surface area (Å²) in [5.41, 5.74) is 5.20. The van der Waals surface area contributed by atoms with Crippen molar-refractivity contribution in [3.63, 3.8) is 0 Å². The third-order valence-electron chi connectivity index (χ3n) is 6.50. The summed E-state index contributed by atoms with van der Waals surface area (Å²) in [7, 11) is 0. The van der Waals surface area contributed by atoms with Crippen LogP contribution < -0.4 is 14.8 Å². The molecule has 5 nitrogen and oxygen atoms in total. The number of fused-ring (bicyclic) bond motifs is 5. The summed E-state index contributed by atoms with van der Waals surface area (Å²) in [6, 6.07) is 13.6. The highest BCUT2D eigenvalue weighted by Crippen LogP contribution is 2.40. The van der Waals surface area contributed by atoms with Gasteiger partial charge >= 0.3 is 0 Å². The zero-order valence-corrected chi connectivity index (χ0v) is 15.5. The average Bonchev–Trinajstić information content (AvgIpc) is 3.21. The Labute approximate surface area is 159 Å². The van der Waals surface area contributed by atoms with E-state index in [1.54, 1.807) is 0 Å². The fourth-order valence-corrected chi connectivity index (χ4v) is 4.92. The molecule has 5 aliphatic rings. The second-order valence-electron chi connectivity index (χ2n) is 8.07. The summed E-state index contributed by atoms with van der Waals surface area (Å²) < 4.78 is 12.5. The zero-order chi connectivity index (χ0) is 17.8. The average molecular weight is 363 g/mol. The van der Waals surface area contributed by atoms with E-state index in [0.717, 1.165) is 31.0 Å². The predicted molar refractivity (Wildman–Crippen MR) is 105 cm³/mol. The Bertz CT molecular complexity index is 876. The first kappa shape index (κ1) is 15.8. The highest BCUT2D eigenvalue weighted by Gasteiger charge is 2.34. The van der Waals surface area contributed by atoms with Crippen LogP contribution in [0, 0.1) is 0 Å². The number of piperazine rings is 3. The van der Waals surface area contributed by atoms with E-state index in [-0.39, 0.29) is 6.10 Å². The van der Waals surface area contributed by atoms with Gasteiger partial charge in [0.15, 0.2) is 17.6 Å². The van der Waals surface area contributed by atoms with Crippen LogP contribution in [0.1, 0.15) is 28.8 Å². The molecule has 5 aliphatic heterocycles. The maximum atomic E-state index is 6.41. The minimum absolute atomic E-state index is 0.0366. The molecule has 0 saturated carbocycles. The van der Waals surface area contributed by atoms with Gasteiger partial charge in [0.05, 0.1) is 0 Å². The van der Waals surface area contributed by atoms with Crippen molar-refractivity contribution in [2.24, 2.45) is 0 Å². The number of nitrogens with one attached hydrogen (secondary N) is 1.